The molecule has 2 heterocycles. The molecule has 27 heavy (non-hydrogen) atoms. The van der Waals surface area contributed by atoms with Gasteiger partial charge in [0, 0.05) is 25.1 Å². The van der Waals surface area contributed by atoms with Crippen LogP contribution in [0.5, 0.6) is 17.2 Å². The number of hydrogen-bond donors (Lipinski definition) is 1. The predicted molar refractivity (Wildman–Crippen MR) is 85.6 cm³/mol. The Balaban J connectivity index is 1.90. The molecule has 1 aromatic rings. The third-order valence-electron chi connectivity index (χ3n) is 5.44. The number of ether oxygens (including phenoxy) is 2. The number of nitrogens with zero attached hydrogens (tertiary/aromatic N) is 1. The minimum atomic E-state index is -4.99. The van der Waals surface area contributed by atoms with Crippen molar-refractivity contribution in [1.82, 2.24) is 4.90 Å². The smallest absolute Gasteiger partial charge is 0.471 e. The monoisotopic (exact) mass is 383 g/mol. The maximum absolute atomic E-state index is 13.0. The van der Waals surface area contributed by atoms with Gasteiger partial charge in [0.1, 0.15) is 6.10 Å². The quantitative estimate of drug-likeness (QED) is 0.805. The first-order valence-electron chi connectivity index (χ1n) is 8.35. The topological polar surface area (TPSA) is 76.1 Å². The van der Waals surface area contributed by atoms with E-state index in [0.717, 1.165) is 4.90 Å². The molecule has 9 heteroatoms. The molecular formula is C18H16F3NO5. The lowest BCUT2D eigenvalue weighted by molar-refractivity contribution is -0.186. The number of amides is 1. The molecule has 0 saturated carbocycles. The van der Waals surface area contributed by atoms with E-state index in [-0.39, 0.29) is 49.0 Å². The number of rotatable bonds is 1. The first-order valence-corrected chi connectivity index (χ1v) is 8.35. The SMILES string of the molecule is COc1c(O)cc2c3c1O[C@H]1CC(=O)C=C[C@@]31CCN(C(=O)C(F)(F)F)C2. The summed E-state index contributed by atoms with van der Waals surface area (Å²) in [6.07, 6.45) is -2.34. The van der Waals surface area contributed by atoms with Gasteiger partial charge in [-0.05, 0) is 24.1 Å². The highest BCUT2D eigenvalue weighted by molar-refractivity contribution is 5.92. The number of hydrogen-bond acceptors (Lipinski definition) is 5. The highest BCUT2D eigenvalue weighted by atomic mass is 19.4. The average molecular weight is 383 g/mol. The van der Waals surface area contributed by atoms with Gasteiger partial charge in [0.15, 0.2) is 17.3 Å². The first kappa shape index (κ1) is 17.7. The summed E-state index contributed by atoms with van der Waals surface area (Å²) < 4.78 is 50.1. The van der Waals surface area contributed by atoms with Crippen LogP contribution >= 0.6 is 0 Å². The van der Waals surface area contributed by atoms with Crippen LogP contribution in [0.4, 0.5) is 13.2 Å². The molecule has 1 spiro atoms. The molecule has 2 aliphatic heterocycles. The maximum atomic E-state index is 13.0. The minimum Gasteiger partial charge on any atom is -0.504 e. The lowest BCUT2D eigenvalue weighted by Crippen LogP contribution is -2.44. The normalized spacial score (nSPS) is 26.1. The lowest BCUT2D eigenvalue weighted by atomic mass is 9.69. The van der Waals surface area contributed by atoms with Crippen LogP contribution in [-0.2, 0) is 21.5 Å². The number of halogens is 3. The van der Waals surface area contributed by atoms with E-state index in [1.54, 1.807) is 6.08 Å². The van der Waals surface area contributed by atoms with Crippen molar-refractivity contribution in [3.63, 3.8) is 0 Å². The van der Waals surface area contributed by atoms with Gasteiger partial charge in [-0.3, -0.25) is 9.59 Å². The van der Waals surface area contributed by atoms with Gasteiger partial charge in [0.05, 0.1) is 12.5 Å². The molecule has 2 atom stereocenters. The van der Waals surface area contributed by atoms with Crippen LogP contribution in [0.1, 0.15) is 24.0 Å². The fourth-order valence-corrected chi connectivity index (χ4v) is 4.26. The molecule has 1 N–H and O–H groups in total. The van der Waals surface area contributed by atoms with Crippen molar-refractivity contribution in [3.05, 3.63) is 29.3 Å². The van der Waals surface area contributed by atoms with Gasteiger partial charge in [0.25, 0.3) is 0 Å². The number of phenolic OH excluding ortho intramolecular Hbond substituents is 1. The van der Waals surface area contributed by atoms with Crippen molar-refractivity contribution in [2.45, 2.75) is 37.1 Å². The second kappa shape index (κ2) is 5.64. The number of allylic oxidation sites excluding steroid dienone is 1. The Morgan fingerprint density at radius 1 is 1.44 bits per heavy atom. The zero-order chi connectivity index (χ0) is 19.6. The molecule has 0 bridgehead atoms. The molecule has 6 nitrogen and oxygen atoms in total. The van der Waals surface area contributed by atoms with Crippen molar-refractivity contribution in [2.24, 2.45) is 0 Å². The summed E-state index contributed by atoms with van der Waals surface area (Å²) in [6, 6.07) is 1.30. The Morgan fingerprint density at radius 2 is 2.19 bits per heavy atom. The number of alkyl halides is 3. The van der Waals surface area contributed by atoms with Gasteiger partial charge >= 0.3 is 12.1 Å². The van der Waals surface area contributed by atoms with Gasteiger partial charge < -0.3 is 19.5 Å². The van der Waals surface area contributed by atoms with E-state index in [0.29, 0.717) is 11.1 Å². The summed E-state index contributed by atoms with van der Waals surface area (Å²) in [6.45, 7) is -0.480. The van der Waals surface area contributed by atoms with Gasteiger partial charge in [-0.1, -0.05) is 6.08 Å². The molecule has 0 fully saturated rings. The summed E-state index contributed by atoms with van der Waals surface area (Å²) in [5.74, 6) is -2.10. The van der Waals surface area contributed by atoms with Crippen LogP contribution in [0.3, 0.4) is 0 Å². The Morgan fingerprint density at radius 3 is 2.85 bits per heavy atom. The van der Waals surface area contributed by atoms with E-state index >= 15 is 0 Å². The third kappa shape index (κ3) is 2.48. The molecule has 0 unspecified atom stereocenters. The van der Waals surface area contributed by atoms with Crippen LogP contribution < -0.4 is 9.47 Å². The molecule has 144 valence electrons. The zero-order valence-electron chi connectivity index (χ0n) is 14.3. The molecule has 0 saturated heterocycles. The van der Waals surface area contributed by atoms with Crippen molar-refractivity contribution < 1.29 is 37.3 Å². The minimum absolute atomic E-state index is 0.0573. The number of benzene rings is 1. The molecule has 1 aromatic carbocycles. The standard InChI is InChI=1S/C18H16F3NO5/c1-26-14-11(24)6-9-8-22(16(25)18(19,20)21)5-4-17-3-2-10(23)7-12(17)27-15(14)13(9)17/h2-3,6,12,24H,4-5,7-8H2,1H3/t12-,17-/m0/s1. The third-order valence-corrected chi connectivity index (χ3v) is 5.44. The van der Waals surface area contributed by atoms with E-state index in [2.05, 4.69) is 0 Å². The summed E-state index contributed by atoms with van der Waals surface area (Å²) in [5.41, 5.74) is 0.0727. The van der Waals surface area contributed by atoms with E-state index in [9.17, 15) is 27.9 Å². The summed E-state index contributed by atoms with van der Waals surface area (Å²) in [4.78, 5) is 24.4. The molecule has 1 aliphatic carbocycles. The van der Waals surface area contributed by atoms with Gasteiger partial charge in [-0.25, -0.2) is 0 Å². The fourth-order valence-electron chi connectivity index (χ4n) is 4.26. The van der Waals surface area contributed by atoms with Crippen LogP contribution in [0.25, 0.3) is 0 Å². The van der Waals surface area contributed by atoms with E-state index in [1.807, 2.05) is 0 Å². The molecule has 3 aliphatic rings. The Hall–Kier alpha value is -2.71. The Bertz CT molecular complexity index is 879. The largest absolute Gasteiger partial charge is 0.504 e. The second-order valence-corrected chi connectivity index (χ2v) is 6.92. The number of methoxy groups -OCH3 is 1. The van der Waals surface area contributed by atoms with Crippen LogP contribution in [0.15, 0.2) is 18.2 Å². The van der Waals surface area contributed by atoms with Crippen molar-refractivity contribution >= 4 is 11.7 Å². The zero-order valence-corrected chi connectivity index (χ0v) is 14.3. The highest BCUT2D eigenvalue weighted by Gasteiger charge is 2.55. The van der Waals surface area contributed by atoms with Crippen molar-refractivity contribution in [3.8, 4) is 17.2 Å². The summed E-state index contributed by atoms with van der Waals surface area (Å²) >= 11 is 0. The van der Waals surface area contributed by atoms with Crippen LogP contribution in [0.2, 0.25) is 0 Å². The van der Waals surface area contributed by atoms with Crippen LogP contribution in [-0.4, -0.2) is 47.6 Å². The fraction of sp³-hybridized carbons (Fsp3) is 0.444. The Kier molecular flexibility index (Phi) is 3.70. The molecule has 4 rings (SSSR count). The summed E-state index contributed by atoms with van der Waals surface area (Å²) in [5, 5.41) is 10.2. The van der Waals surface area contributed by atoms with E-state index < -0.39 is 23.6 Å². The number of ketones is 1. The van der Waals surface area contributed by atoms with Crippen molar-refractivity contribution in [2.75, 3.05) is 13.7 Å². The van der Waals surface area contributed by atoms with E-state index in [4.69, 9.17) is 9.47 Å². The second-order valence-electron chi connectivity index (χ2n) is 6.92. The number of phenols is 1. The van der Waals surface area contributed by atoms with E-state index in [1.165, 1.54) is 19.3 Å². The van der Waals surface area contributed by atoms with Gasteiger partial charge in [-0.15, -0.1) is 0 Å². The summed E-state index contributed by atoms with van der Waals surface area (Å²) in [7, 11) is 1.34. The number of carbonyl (C=O) groups is 2. The predicted octanol–water partition coefficient (Wildman–Crippen LogP) is 2.22. The maximum Gasteiger partial charge on any atom is 0.471 e. The Labute approximate surface area is 152 Å². The van der Waals surface area contributed by atoms with Crippen molar-refractivity contribution in [1.29, 1.82) is 0 Å². The lowest BCUT2D eigenvalue weighted by Gasteiger charge is -2.33. The highest BCUT2D eigenvalue weighted by Crippen LogP contribution is 2.57. The van der Waals surface area contributed by atoms with Gasteiger partial charge in [-0.2, -0.15) is 13.2 Å². The van der Waals surface area contributed by atoms with Gasteiger partial charge in [0.2, 0.25) is 5.75 Å². The molecule has 0 radical (unpaired) electrons. The molecular weight excluding hydrogens is 367 g/mol. The van der Waals surface area contributed by atoms with Crippen LogP contribution in [0, 0.1) is 0 Å². The molecule has 0 aromatic heterocycles. The molecule has 1 amide bonds. The first-order chi connectivity index (χ1) is 12.7. The average Bonchev–Trinajstić information content (AvgIpc) is 2.82. The number of aromatic hydroxyl groups is 1. The number of carbonyl (C=O) groups excluding carboxylic acids is 2.